The second-order valence-corrected chi connectivity index (χ2v) is 28.2. The zero-order valence-corrected chi connectivity index (χ0v) is 22.4. The normalized spacial score (nSPS) is 12.7. The molecule has 0 saturated heterocycles. The summed E-state index contributed by atoms with van der Waals surface area (Å²) in [5.74, 6) is 0. The third-order valence-electron chi connectivity index (χ3n) is 7.19. The van der Waals surface area contributed by atoms with E-state index in [1.54, 1.807) is 6.04 Å². The van der Waals surface area contributed by atoms with Gasteiger partial charge in [-0.3, -0.25) is 0 Å². The molecule has 0 aliphatic heterocycles. The molecular formula is C25H56Si2. The first kappa shape index (κ1) is 27.4. The molecule has 164 valence electrons. The topological polar surface area (TPSA) is 0 Å². The molecule has 0 unspecified atom stereocenters. The van der Waals surface area contributed by atoms with Crippen molar-refractivity contribution in [2.75, 3.05) is 0 Å². The van der Waals surface area contributed by atoms with Gasteiger partial charge in [-0.15, -0.1) is 0 Å². The van der Waals surface area contributed by atoms with Crippen molar-refractivity contribution in [1.82, 2.24) is 0 Å². The lowest BCUT2D eigenvalue weighted by Crippen LogP contribution is -2.51. The molecule has 0 bridgehead atoms. The first-order valence-electron chi connectivity index (χ1n) is 12.8. The Kier molecular flexibility index (Phi) is 17.6. The molecule has 0 spiro atoms. The Labute approximate surface area is 176 Å². The van der Waals surface area contributed by atoms with Gasteiger partial charge in [0.05, 0.1) is 0 Å². The maximum absolute atomic E-state index is 2.65. The van der Waals surface area contributed by atoms with E-state index in [2.05, 4.69) is 39.7 Å². The fraction of sp³-hybridized carbons (Fsp3) is 1.00. The maximum atomic E-state index is 2.65. The van der Waals surface area contributed by atoms with Crippen LogP contribution in [0.2, 0.25) is 38.8 Å². The minimum absolute atomic E-state index is 0.858. The monoisotopic (exact) mass is 412 g/mol. The molecule has 0 atom stereocenters. The average Bonchev–Trinajstić information content (AvgIpc) is 2.59. The zero-order valence-electron chi connectivity index (χ0n) is 20.4. The van der Waals surface area contributed by atoms with Gasteiger partial charge < -0.3 is 0 Å². The number of hydrogen-bond acceptors (Lipinski definition) is 0. The Morgan fingerprint density at radius 2 is 0.630 bits per heavy atom. The van der Waals surface area contributed by atoms with E-state index < -0.39 is 15.2 Å². The Bertz CT molecular complexity index is 304. The van der Waals surface area contributed by atoms with Crippen molar-refractivity contribution in [2.24, 2.45) is 0 Å². The predicted octanol–water partition coefficient (Wildman–Crippen LogP) is 10.2. The molecule has 0 N–H and O–H groups in total. The van der Waals surface area contributed by atoms with Gasteiger partial charge in [-0.1, -0.05) is 161 Å². The van der Waals surface area contributed by atoms with Crippen LogP contribution in [-0.2, 0) is 0 Å². The van der Waals surface area contributed by atoms with Crippen LogP contribution in [0.1, 0.15) is 122 Å². The lowest BCUT2D eigenvalue weighted by Gasteiger charge is -2.35. The molecule has 0 amide bonds. The van der Waals surface area contributed by atoms with E-state index in [0.717, 1.165) is 0 Å². The smallest absolute Gasteiger partial charge is 0.0410 e. The Balaban J connectivity index is 3.19. The van der Waals surface area contributed by atoms with Gasteiger partial charge in [0.15, 0.2) is 0 Å². The van der Waals surface area contributed by atoms with Crippen molar-refractivity contribution in [2.45, 2.75) is 161 Å². The molecule has 0 aromatic rings. The summed E-state index contributed by atoms with van der Waals surface area (Å²) in [5, 5.41) is 0. The van der Waals surface area contributed by atoms with Gasteiger partial charge in [-0.25, -0.2) is 0 Å². The van der Waals surface area contributed by atoms with E-state index in [1.807, 2.05) is 0 Å². The second kappa shape index (κ2) is 17.3. The van der Waals surface area contributed by atoms with Crippen LogP contribution in [0.15, 0.2) is 0 Å². The van der Waals surface area contributed by atoms with Crippen molar-refractivity contribution in [3.8, 4) is 0 Å². The van der Waals surface area contributed by atoms with E-state index in [0.29, 0.717) is 0 Å². The van der Waals surface area contributed by atoms with Gasteiger partial charge in [0.25, 0.3) is 0 Å². The Morgan fingerprint density at radius 3 is 0.889 bits per heavy atom. The number of rotatable bonds is 20. The summed E-state index contributed by atoms with van der Waals surface area (Å²) >= 11 is 0. The van der Waals surface area contributed by atoms with Gasteiger partial charge in [-0.05, 0) is 0 Å². The van der Waals surface area contributed by atoms with E-state index in [-0.39, 0.29) is 0 Å². The van der Waals surface area contributed by atoms with Crippen LogP contribution < -0.4 is 0 Å². The van der Waals surface area contributed by atoms with Crippen LogP contribution in [0.25, 0.3) is 0 Å². The molecule has 0 heterocycles. The molecule has 0 aromatic heterocycles. The molecule has 0 fully saturated rings. The van der Waals surface area contributed by atoms with Gasteiger partial charge in [0, 0.05) is 15.2 Å². The van der Waals surface area contributed by atoms with Gasteiger partial charge in [0.2, 0.25) is 0 Å². The van der Waals surface area contributed by atoms with Crippen molar-refractivity contribution >= 4 is 15.2 Å². The quantitative estimate of drug-likeness (QED) is 0.138. The standard InChI is InChI=1S/C25H56Si2/c1-7-8-9-10-11-12-13-14-15-16-17-18-19-20-21-22-23-24-25-27(5,6)26(2,3)4/h7-25H2,1-6H3. The average molecular weight is 413 g/mol. The highest BCUT2D eigenvalue weighted by atomic mass is 29.3. The lowest BCUT2D eigenvalue weighted by atomic mass is 10.0. The summed E-state index contributed by atoms with van der Waals surface area (Å²) in [6.45, 7) is 15.4. The van der Waals surface area contributed by atoms with E-state index >= 15 is 0 Å². The first-order chi connectivity index (χ1) is 12.8. The SMILES string of the molecule is CCCCCCCCCCCCCCCCCCCC[Si](C)(C)[Si](C)(C)C. The lowest BCUT2D eigenvalue weighted by molar-refractivity contribution is 0.526. The maximum Gasteiger partial charge on any atom is 0.0410 e. The molecule has 2 heteroatoms. The summed E-state index contributed by atoms with van der Waals surface area (Å²) in [6, 6.07) is 1.58. The largest absolute Gasteiger partial charge is 0.0715 e. The summed E-state index contributed by atoms with van der Waals surface area (Å²) in [5.41, 5.74) is 0. The first-order valence-corrected chi connectivity index (χ1v) is 20.5. The molecular weight excluding hydrogens is 356 g/mol. The molecule has 0 rings (SSSR count). The third-order valence-corrected chi connectivity index (χ3v) is 25.8. The van der Waals surface area contributed by atoms with E-state index in [1.165, 1.54) is 116 Å². The summed E-state index contributed by atoms with van der Waals surface area (Å²) < 4.78 is 0. The molecule has 0 aliphatic carbocycles. The number of unbranched alkanes of at least 4 members (excludes halogenated alkanes) is 17. The minimum Gasteiger partial charge on any atom is -0.0715 e. The van der Waals surface area contributed by atoms with Crippen LogP contribution in [-0.4, -0.2) is 15.2 Å². The third kappa shape index (κ3) is 17.0. The van der Waals surface area contributed by atoms with Crippen LogP contribution in [0.3, 0.4) is 0 Å². The summed E-state index contributed by atoms with van der Waals surface area (Å²) in [7, 11) is -1.73. The second-order valence-electron chi connectivity index (χ2n) is 10.9. The van der Waals surface area contributed by atoms with E-state index in [4.69, 9.17) is 0 Å². The highest BCUT2D eigenvalue weighted by molar-refractivity contribution is 7.40. The zero-order chi connectivity index (χ0) is 20.4. The Morgan fingerprint density at radius 1 is 0.370 bits per heavy atom. The van der Waals surface area contributed by atoms with E-state index in [9.17, 15) is 0 Å². The fourth-order valence-electron chi connectivity index (χ4n) is 3.84. The highest BCUT2D eigenvalue weighted by Gasteiger charge is 2.35. The highest BCUT2D eigenvalue weighted by Crippen LogP contribution is 2.25. The van der Waals surface area contributed by atoms with Gasteiger partial charge in [0.1, 0.15) is 0 Å². The minimum atomic E-state index is -0.877. The molecule has 0 saturated carbocycles. The molecule has 0 radical (unpaired) electrons. The van der Waals surface area contributed by atoms with Crippen LogP contribution in [0.4, 0.5) is 0 Å². The molecule has 27 heavy (non-hydrogen) atoms. The molecule has 0 aliphatic rings. The summed E-state index contributed by atoms with van der Waals surface area (Å²) in [6.07, 6.45) is 26.7. The van der Waals surface area contributed by atoms with Crippen LogP contribution >= 0.6 is 0 Å². The van der Waals surface area contributed by atoms with Crippen molar-refractivity contribution in [1.29, 1.82) is 0 Å². The van der Waals surface area contributed by atoms with Crippen LogP contribution in [0, 0.1) is 0 Å². The van der Waals surface area contributed by atoms with Crippen molar-refractivity contribution in [3.05, 3.63) is 0 Å². The molecule has 0 aromatic carbocycles. The van der Waals surface area contributed by atoms with Crippen molar-refractivity contribution < 1.29 is 0 Å². The Hall–Kier alpha value is 0.434. The summed E-state index contributed by atoms with van der Waals surface area (Å²) in [4.78, 5) is 0. The predicted molar refractivity (Wildman–Crippen MR) is 134 cm³/mol. The number of hydrogen-bond donors (Lipinski definition) is 0. The van der Waals surface area contributed by atoms with Gasteiger partial charge in [-0.2, -0.15) is 0 Å². The molecule has 0 nitrogen and oxygen atoms in total. The van der Waals surface area contributed by atoms with Gasteiger partial charge >= 0.3 is 0 Å². The van der Waals surface area contributed by atoms with Crippen molar-refractivity contribution in [3.63, 3.8) is 0 Å². The van der Waals surface area contributed by atoms with Crippen LogP contribution in [0.5, 0.6) is 0 Å². The fourth-order valence-corrected chi connectivity index (χ4v) is 8.51.